The van der Waals surface area contributed by atoms with Gasteiger partial charge in [-0.3, -0.25) is 9.59 Å². The molecule has 3 aromatic rings. The number of aromatic nitrogens is 1. The third-order valence-corrected chi connectivity index (χ3v) is 6.09. The Morgan fingerprint density at radius 2 is 2.14 bits per heavy atom. The third-order valence-electron chi connectivity index (χ3n) is 4.98. The standard InChI is InChI=1S/C20H19FN4O2S/c1-23-18(26)17-16(22)13-7-8-14(24-19(13)28-17)15-6-3-9-25(15)20(27)11-4-2-5-12(21)10-11/h2,4-5,7-8,10,15H,3,6,9,22H2,1H3,(H,23,26). The van der Waals surface area contributed by atoms with Gasteiger partial charge in [-0.25, -0.2) is 9.37 Å². The van der Waals surface area contributed by atoms with Gasteiger partial charge in [0.2, 0.25) is 0 Å². The second-order valence-corrected chi connectivity index (χ2v) is 7.68. The van der Waals surface area contributed by atoms with E-state index in [1.165, 1.54) is 29.5 Å². The van der Waals surface area contributed by atoms with Crippen molar-refractivity contribution in [2.45, 2.75) is 18.9 Å². The molecule has 0 spiro atoms. The van der Waals surface area contributed by atoms with Crippen molar-refractivity contribution in [1.29, 1.82) is 0 Å². The number of carbonyl (C=O) groups is 2. The van der Waals surface area contributed by atoms with Crippen molar-refractivity contribution in [1.82, 2.24) is 15.2 Å². The van der Waals surface area contributed by atoms with Crippen LogP contribution in [0.5, 0.6) is 0 Å². The Balaban J connectivity index is 1.68. The van der Waals surface area contributed by atoms with E-state index in [4.69, 9.17) is 5.73 Å². The fraction of sp³-hybridized carbons (Fsp3) is 0.250. The van der Waals surface area contributed by atoms with Crippen molar-refractivity contribution < 1.29 is 14.0 Å². The van der Waals surface area contributed by atoms with E-state index < -0.39 is 5.82 Å². The topological polar surface area (TPSA) is 88.3 Å². The first-order chi connectivity index (χ1) is 13.5. The number of rotatable bonds is 3. The van der Waals surface area contributed by atoms with Gasteiger partial charge < -0.3 is 16.0 Å². The number of amides is 2. The van der Waals surface area contributed by atoms with Crippen LogP contribution in [-0.2, 0) is 0 Å². The zero-order chi connectivity index (χ0) is 19.8. The van der Waals surface area contributed by atoms with E-state index >= 15 is 0 Å². The summed E-state index contributed by atoms with van der Waals surface area (Å²) >= 11 is 1.24. The Morgan fingerprint density at radius 1 is 1.32 bits per heavy atom. The minimum Gasteiger partial charge on any atom is -0.397 e. The summed E-state index contributed by atoms with van der Waals surface area (Å²) in [6.07, 6.45) is 1.63. The highest BCUT2D eigenvalue weighted by molar-refractivity contribution is 7.21. The van der Waals surface area contributed by atoms with Gasteiger partial charge >= 0.3 is 0 Å². The number of halogens is 1. The van der Waals surface area contributed by atoms with Gasteiger partial charge in [0.1, 0.15) is 15.5 Å². The van der Waals surface area contributed by atoms with Crippen LogP contribution in [0.4, 0.5) is 10.1 Å². The van der Waals surface area contributed by atoms with E-state index in [1.54, 1.807) is 18.0 Å². The van der Waals surface area contributed by atoms with Crippen molar-refractivity contribution in [2.75, 3.05) is 19.3 Å². The van der Waals surface area contributed by atoms with E-state index in [1.807, 2.05) is 12.1 Å². The summed E-state index contributed by atoms with van der Waals surface area (Å²) in [4.78, 5) is 32.4. The number of hydrogen-bond acceptors (Lipinski definition) is 5. The maximum atomic E-state index is 13.5. The summed E-state index contributed by atoms with van der Waals surface area (Å²) < 4.78 is 13.5. The highest BCUT2D eigenvalue weighted by Gasteiger charge is 2.32. The largest absolute Gasteiger partial charge is 0.397 e. The number of thiophene rings is 1. The molecule has 2 amide bonds. The fourth-order valence-electron chi connectivity index (χ4n) is 3.58. The molecule has 1 aliphatic heterocycles. The number of hydrogen-bond donors (Lipinski definition) is 2. The minimum atomic E-state index is -0.433. The average molecular weight is 398 g/mol. The van der Waals surface area contributed by atoms with E-state index in [2.05, 4.69) is 10.3 Å². The van der Waals surface area contributed by atoms with E-state index in [-0.39, 0.29) is 17.9 Å². The number of nitrogen functional groups attached to an aromatic ring is 1. The molecule has 1 aromatic carbocycles. The van der Waals surface area contributed by atoms with Crippen molar-refractivity contribution >= 4 is 39.1 Å². The molecule has 4 rings (SSSR count). The summed E-state index contributed by atoms with van der Waals surface area (Å²) in [7, 11) is 1.56. The first kappa shape index (κ1) is 18.4. The van der Waals surface area contributed by atoms with Crippen LogP contribution in [0.2, 0.25) is 0 Å². The number of likely N-dealkylation sites (tertiary alicyclic amines) is 1. The van der Waals surface area contributed by atoms with E-state index in [0.717, 1.165) is 23.9 Å². The Hall–Kier alpha value is -3.00. The lowest BCUT2D eigenvalue weighted by molar-refractivity contribution is 0.0732. The molecule has 0 radical (unpaired) electrons. The van der Waals surface area contributed by atoms with Crippen LogP contribution in [0.15, 0.2) is 36.4 Å². The van der Waals surface area contributed by atoms with Gasteiger partial charge in [0.05, 0.1) is 17.4 Å². The van der Waals surface area contributed by atoms with E-state index in [0.29, 0.717) is 27.5 Å². The van der Waals surface area contributed by atoms with Gasteiger partial charge in [-0.2, -0.15) is 0 Å². The lowest BCUT2D eigenvalue weighted by atomic mass is 10.1. The van der Waals surface area contributed by atoms with Gasteiger partial charge in [-0.15, -0.1) is 11.3 Å². The quantitative estimate of drug-likeness (QED) is 0.708. The van der Waals surface area contributed by atoms with Crippen LogP contribution in [0.25, 0.3) is 10.2 Å². The smallest absolute Gasteiger partial charge is 0.263 e. The molecular formula is C20H19FN4O2S. The molecule has 2 aromatic heterocycles. The minimum absolute atomic E-state index is 0.188. The Labute approximate surface area is 165 Å². The molecular weight excluding hydrogens is 379 g/mol. The molecule has 1 fully saturated rings. The second kappa shape index (κ2) is 7.20. The zero-order valence-corrected chi connectivity index (χ0v) is 16.1. The molecule has 3 heterocycles. The van der Waals surface area contributed by atoms with E-state index in [9.17, 15) is 14.0 Å². The normalized spacial score (nSPS) is 16.5. The third kappa shape index (κ3) is 3.09. The maximum Gasteiger partial charge on any atom is 0.263 e. The number of pyridine rings is 1. The predicted molar refractivity (Wildman–Crippen MR) is 107 cm³/mol. The van der Waals surface area contributed by atoms with Gasteiger partial charge in [-0.1, -0.05) is 6.07 Å². The summed E-state index contributed by atoms with van der Waals surface area (Å²) in [5, 5.41) is 3.31. The fourth-order valence-corrected chi connectivity index (χ4v) is 4.63. The number of nitrogens with one attached hydrogen (secondary N) is 1. The Bertz CT molecular complexity index is 1080. The zero-order valence-electron chi connectivity index (χ0n) is 15.2. The molecule has 144 valence electrons. The predicted octanol–water partition coefficient (Wildman–Crippen LogP) is 3.35. The molecule has 28 heavy (non-hydrogen) atoms. The van der Waals surface area contributed by atoms with Gasteiger partial charge in [0.15, 0.2) is 0 Å². The first-order valence-corrected chi connectivity index (χ1v) is 9.78. The summed E-state index contributed by atoms with van der Waals surface area (Å²) in [6, 6.07) is 9.23. The molecule has 0 aliphatic carbocycles. The van der Waals surface area contributed by atoms with Crippen LogP contribution in [0.3, 0.4) is 0 Å². The van der Waals surface area contributed by atoms with Crippen molar-refractivity contribution in [3.63, 3.8) is 0 Å². The van der Waals surface area contributed by atoms with Gasteiger partial charge in [-0.05, 0) is 43.2 Å². The van der Waals surface area contributed by atoms with Crippen LogP contribution in [-0.4, -0.2) is 35.3 Å². The summed E-state index contributed by atoms with van der Waals surface area (Å²) in [6.45, 7) is 0.593. The molecule has 8 heteroatoms. The highest BCUT2D eigenvalue weighted by Crippen LogP contribution is 2.37. The van der Waals surface area contributed by atoms with Crippen molar-refractivity contribution in [2.24, 2.45) is 0 Å². The number of carbonyl (C=O) groups excluding carboxylic acids is 2. The lowest BCUT2D eigenvalue weighted by Crippen LogP contribution is -2.31. The number of fused-ring (bicyclic) bond motifs is 1. The monoisotopic (exact) mass is 398 g/mol. The maximum absolute atomic E-state index is 13.5. The number of nitrogens with two attached hydrogens (primary N) is 1. The molecule has 1 atom stereocenters. The highest BCUT2D eigenvalue weighted by atomic mass is 32.1. The number of anilines is 1. The molecule has 0 saturated carbocycles. The molecule has 1 saturated heterocycles. The van der Waals surface area contributed by atoms with Gasteiger partial charge in [0.25, 0.3) is 11.8 Å². The van der Waals surface area contributed by atoms with Gasteiger partial charge in [0, 0.05) is 24.5 Å². The lowest BCUT2D eigenvalue weighted by Gasteiger charge is -2.24. The number of nitrogens with zero attached hydrogens (tertiary/aromatic N) is 2. The molecule has 1 aliphatic rings. The van der Waals surface area contributed by atoms with Crippen LogP contribution < -0.4 is 11.1 Å². The summed E-state index contributed by atoms with van der Waals surface area (Å²) in [5.41, 5.74) is 7.59. The molecule has 0 bridgehead atoms. The van der Waals surface area contributed by atoms with Crippen molar-refractivity contribution in [3.05, 3.63) is 58.3 Å². The van der Waals surface area contributed by atoms with Crippen LogP contribution in [0, 0.1) is 5.82 Å². The molecule has 3 N–H and O–H groups in total. The Kier molecular flexibility index (Phi) is 4.72. The second-order valence-electron chi connectivity index (χ2n) is 6.68. The molecule has 6 nitrogen and oxygen atoms in total. The number of benzene rings is 1. The average Bonchev–Trinajstić information content (AvgIpc) is 3.31. The summed E-state index contributed by atoms with van der Waals surface area (Å²) in [5.74, 6) is -0.886. The SMILES string of the molecule is CNC(=O)c1sc2nc(C3CCCN3C(=O)c3cccc(F)c3)ccc2c1N. The first-order valence-electron chi connectivity index (χ1n) is 8.97. The van der Waals surface area contributed by atoms with Crippen LogP contribution in [0.1, 0.15) is 44.6 Å². The van der Waals surface area contributed by atoms with Crippen LogP contribution >= 0.6 is 11.3 Å². The Morgan fingerprint density at radius 3 is 2.89 bits per heavy atom. The molecule has 1 unspecified atom stereocenters. The van der Waals surface area contributed by atoms with Crippen molar-refractivity contribution in [3.8, 4) is 0 Å².